The van der Waals surface area contributed by atoms with Crippen molar-refractivity contribution in [3.63, 3.8) is 0 Å². The number of nitrogens with two attached hydrogens (primary N) is 2. The molecule has 0 fully saturated rings. The maximum absolute atomic E-state index is 6.06. The molecule has 6 N–H and O–H groups in total. The molecule has 4 rings (SSSR count). The first-order valence-corrected chi connectivity index (χ1v) is 8.04. The minimum absolute atomic E-state index is 0.178. The molecule has 0 unspecified atom stereocenters. The van der Waals surface area contributed by atoms with Crippen molar-refractivity contribution in [3.05, 3.63) is 41.6 Å². The lowest BCUT2D eigenvalue weighted by molar-refractivity contribution is 0.738. The van der Waals surface area contributed by atoms with Crippen molar-refractivity contribution in [2.75, 3.05) is 24.6 Å². The average molecular weight is 320 g/mol. The molecule has 0 radical (unpaired) electrons. The normalized spacial score (nSPS) is 14.8. The minimum Gasteiger partial charge on any atom is -0.383 e. The number of aromatic nitrogens is 3. The van der Waals surface area contributed by atoms with Gasteiger partial charge in [-0.05, 0) is 42.2 Å². The highest BCUT2D eigenvalue weighted by molar-refractivity contribution is 6.01. The summed E-state index contributed by atoms with van der Waals surface area (Å²) in [5, 5.41) is 4.17. The number of aromatic amines is 1. The molecule has 0 spiro atoms. The molecule has 0 aliphatic carbocycles. The summed E-state index contributed by atoms with van der Waals surface area (Å²) in [5.41, 5.74) is 18.5. The van der Waals surface area contributed by atoms with Crippen molar-refractivity contribution in [1.82, 2.24) is 20.3 Å². The Labute approximate surface area is 140 Å². The zero-order chi connectivity index (χ0) is 16.7. The summed E-state index contributed by atoms with van der Waals surface area (Å²) in [6.45, 7) is 4.12. The number of anilines is 2. The summed E-state index contributed by atoms with van der Waals surface area (Å²) >= 11 is 0. The number of H-pyrrole nitrogens is 1. The van der Waals surface area contributed by atoms with Gasteiger partial charge in [0, 0.05) is 18.3 Å². The summed E-state index contributed by atoms with van der Waals surface area (Å²) in [6, 6.07) is 6.51. The van der Waals surface area contributed by atoms with Gasteiger partial charge >= 0.3 is 0 Å². The maximum Gasteiger partial charge on any atom is 0.223 e. The molecule has 3 heterocycles. The second-order valence-corrected chi connectivity index (χ2v) is 6.11. The highest BCUT2D eigenvalue weighted by Gasteiger charge is 2.14. The number of rotatable bonds is 2. The summed E-state index contributed by atoms with van der Waals surface area (Å²) in [7, 11) is 0. The SMILES string of the molecule is Cc1cc(-c2c[nH]c3nc(N)nc(N)c23)ccc1C1=CCNCC1. The van der Waals surface area contributed by atoms with Gasteiger partial charge in [-0.3, -0.25) is 0 Å². The van der Waals surface area contributed by atoms with Gasteiger partial charge < -0.3 is 21.8 Å². The van der Waals surface area contributed by atoms with Gasteiger partial charge in [0.25, 0.3) is 0 Å². The standard InChI is InChI=1S/C18H20N6/c1-10-8-12(2-3-13(10)11-4-6-21-7-5-11)14-9-22-17-15(14)16(19)23-18(20)24-17/h2-4,8-9,21H,5-7H2,1H3,(H5,19,20,22,23,24). The molecule has 1 aliphatic heterocycles. The van der Waals surface area contributed by atoms with Crippen LogP contribution in [-0.2, 0) is 0 Å². The molecule has 6 nitrogen and oxygen atoms in total. The van der Waals surface area contributed by atoms with E-state index in [1.807, 2.05) is 6.20 Å². The van der Waals surface area contributed by atoms with Gasteiger partial charge in [0.1, 0.15) is 11.5 Å². The zero-order valence-corrected chi connectivity index (χ0v) is 13.6. The molecular formula is C18H20N6. The van der Waals surface area contributed by atoms with Crippen LogP contribution >= 0.6 is 0 Å². The molecule has 1 aliphatic rings. The molecule has 0 saturated heterocycles. The maximum atomic E-state index is 6.06. The zero-order valence-electron chi connectivity index (χ0n) is 13.6. The number of benzene rings is 1. The Morgan fingerprint density at radius 1 is 1.12 bits per heavy atom. The van der Waals surface area contributed by atoms with E-state index in [0.717, 1.165) is 36.0 Å². The van der Waals surface area contributed by atoms with E-state index in [2.05, 4.69) is 51.5 Å². The van der Waals surface area contributed by atoms with Crippen molar-refractivity contribution in [3.8, 4) is 11.1 Å². The second-order valence-electron chi connectivity index (χ2n) is 6.11. The van der Waals surface area contributed by atoms with Crippen molar-refractivity contribution in [1.29, 1.82) is 0 Å². The number of hydrogen-bond donors (Lipinski definition) is 4. The van der Waals surface area contributed by atoms with Crippen LogP contribution in [-0.4, -0.2) is 28.0 Å². The van der Waals surface area contributed by atoms with Gasteiger partial charge in [-0.15, -0.1) is 0 Å². The van der Waals surface area contributed by atoms with Gasteiger partial charge in [-0.1, -0.05) is 24.3 Å². The van der Waals surface area contributed by atoms with Crippen LogP contribution < -0.4 is 16.8 Å². The van der Waals surface area contributed by atoms with Crippen LogP contribution in [0.5, 0.6) is 0 Å². The van der Waals surface area contributed by atoms with Crippen molar-refractivity contribution in [2.45, 2.75) is 13.3 Å². The quantitative estimate of drug-likeness (QED) is 0.580. The average Bonchev–Trinajstić information content (AvgIpc) is 2.99. The molecule has 0 amide bonds. The number of nitrogens with zero attached hydrogens (tertiary/aromatic N) is 2. The Bertz CT molecular complexity index is 954. The van der Waals surface area contributed by atoms with E-state index in [4.69, 9.17) is 11.5 Å². The van der Waals surface area contributed by atoms with Crippen LogP contribution in [0, 0.1) is 6.92 Å². The lowest BCUT2D eigenvalue weighted by Crippen LogP contribution is -2.20. The molecule has 3 aromatic rings. The van der Waals surface area contributed by atoms with Crippen LogP contribution in [0.2, 0.25) is 0 Å². The number of nitrogens with one attached hydrogen (secondary N) is 2. The Kier molecular flexibility index (Phi) is 3.46. The van der Waals surface area contributed by atoms with Gasteiger partial charge in [0.2, 0.25) is 5.95 Å². The molecule has 2 aromatic heterocycles. The number of fused-ring (bicyclic) bond motifs is 1. The van der Waals surface area contributed by atoms with E-state index in [-0.39, 0.29) is 5.95 Å². The summed E-state index contributed by atoms with van der Waals surface area (Å²) < 4.78 is 0. The topological polar surface area (TPSA) is 106 Å². The van der Waals surface area contributed by atoms with E-state index in [9.17, 15) is 0 Å². The van der Waals surface area contributed by atoms with Crippen LogP contribution in [0.3, 0.4) is 0 Å². The van der Waals surface area contributed by atoms with E-state index in [0.29, 0.717) is 11.5 Å². The Hall–Kier alpha value is -2.86. The predicted molar refractivity (Wildman–Crippen MR) is 98.4 cm³/mol. The van der Waals surface area contributed by atoms with E-state index < -0.39 is 0 Å². The molecule has 0 atom stereocenters. The third-order valence-electron chi connectivity index (χ3n) is 4.52. The molecule has 0 bridgehead atoms. The van der Waals surface area contributed by atoms with Crippen molar-refractivity contribution >= 4 is 28.4 Å². The van der Waals surface area contributed by atoms with Crippen LogP contribution in [0.1, 0.15) is 17.5 Å². The molecule has 24 heavy (non-hydrogen) atoms. The smallest absolute Gasteiger partial charge is 0.223 e. The molecule has 6 heteroatoms. The molecule has 0 saturated carbocycles. The second kappa shape index (κ2) is 5.65. The Morgan fingerprint density at radius 2 is 2.00 bits per heavy atom. The van der Waals surface area contributed by atoms with Crippen molar-refractivity contribution < 1.29 is 0 Å². The van der Waals surface area contributed by atoms with Crippen LogP contribution in [0.4, 0.5) is 11.8 Å². The fraction of sp³-hybridized carbons (Fsp3) is 0.222. The van der Waals surface area contributed by atoms with E-state index in [1.165, 1.54) is 16.7 Å². The number of aryl methyl sites for hydroxylation is 1. The summed E-state index contributed by atoms with van der Waals surface area (Å²) in [4.78, 5) is 11.4. The van der Waals surface area contributed by atoms with Gasteiger partial charge in [0.05, 0.1) is 5.39 Å². The lowest BCUT2D eigenvalue weighted by atomic mass is 9.93. The van der Waals surface area contributed by atoms with Crippen LogP contribution in [0.25, 0.3) is 27.7 Å². The third kappa shape index (κ3) is 2.41. The predicted octanol–water partition coefficient (Wildman–Crippen LogP) is 2.47. The summed E-state index contributed by atoms with van der Waals surface area (Å²) in [6.07, 6.45) is 5.24. The largest absolute Gasteiger partial charge is 0.383 e. The fourth-order valence-corrected chi connectivity index (χ4v) is 3.37. The molecular weight excluding hydrogens is 300 g/mol. The van der Waals surface area contributed by atoms with E-state index >= 15 is 0 Å². The monoisotopic (exact) mass is 320 g/mol. The number of hydrogen-bond acceptors (Lipinski definition) is 5. The lowest BCUT2D eigenvalue weighted by Gasteiger charge is -2.17. The fourth-order valence-electron chi connectivity index (χ4n) is 3.37. The first-order valence-electron chi connectivity index (χ1n) is 8.04. The summed E-state index contributed by atoms with van der Waals surface area (Å²) in [5.74, 6) is 0.578. The van der Waals surface area contributed by atoms with Crippen molar-refractivity contribution in [2.24, 2.45) is 0 Å². The van der Waals surface area contributed by atoms with Crippen LogP contribution in [0.15, 0.2) is 30.5 Å². The van der Waals surface area contributed by atoms with Gasteiger partial charge in [0.15, 0.2) is 0 Å². The van der Waals surface area contributed by atoms with Gasteiger partial charge in [-0.25, -0.2) is 0 Å². The Balaban J connectivity index is 1.81. The Morgan fingerprint density at radius 3 is 2.75 bits per heavy atom. The number of nitrogen functional groups attached to an aromatic ring is 2. The highest BCUT2D eigenvalue weighted by Crippen LogP contribution is 2.34. The minimum atomic E-state index is 0.178. The first-order chi connectivity index (χ1) is 11.6. The highest BCUT2D eigenvalue weighted by atomic mass is 15.1. The van der Waals surface area contributed by atoms with Gasteiger partial charge in [-0.2, -0.15) is 9.97 Å². The van der Waals surface area contributed by atoms with E-state index in [1.54, 1.807) is 0 Å². The molecule has 1 aromatic carbocycles. The third-order valence-corrected chi connectivity index (χ3v) is 4.52. The molecule has 122 valence electrons. The first kappa shape index (κ1) is 14.7.